The molecule has 1 aliphatic carbocycles. The molecule has 2 aromatic heterocycles. The number of halogens is 1. The van der Waals surface area contributed by atoms with E-state index in [0.29, 0.717) is 48.8 Å². The molecule has 1 amide bonds. The molecule has 1 saturated heterocycles. The molecule has 2 aromatic rings. The smallest absolute Gasteiger partial charge is 0.257 e. The molecule has 5 heterocycles. The summed E-state index contributed by atoms with van der Waals surface area (Å²) in [5, 5.41) is 10.3. The maximum atomic E-state index is 13.7. The standard InChI is InChI=1S/C25H28FN7O3/c1-27-22-10-19(30-24-16(12-29-33(22)24)25(34)31-18-6-5-17(18)26)15-11-28-23-14(15)4-3-8-32(23)20-7-9-36-13-21(20)35-2/h3-4,8,10-12,17-18,20-21,27H,5-7,9,13H2,1-2H3,(H,31,34)/t17-,18+,20+,21+/m1/s1. The molecule has 2 fully saturated rings. The summed E-state index contributed by atoms with van der Waals surface area (Å²) in [6.45, 7) is 1.21. The number of pyridine rings is 1. The molecule has 3 aliphatic heterocycles. The summed E-state index contributed by atoms with van der Waals surface area (Å²) in [5.41, 5.74) is 3.14. The zero-order valence-corrected chi connectivity index (χ0v) is 20.1. The Morgan fingerprint density at radius 3 is 2.89 bits per heavy atom. The Kier molecular flexibility index (Phi) is 5.81. The van der Waals surface area contributed by atoms with Crippen LogP contribution in [0.15, 0.2) is 36.8 Å². The molecule has 0 radical (unpaired) electrons. The van der Waals surface area contributed by atoms with Crippen LogP contribution in [0.3, 0.4) is 0 Å². The van der Waals surface area contributed by atoms with Gasteiger partial charge in [0.2, 0.25) is 0 Å². The lowest BCUT2D eigenvalue weighted by Crippen LogP contribution is -2.48. The second-order valence-corrected chi connectivity index (χ2v) is 9.27. The number of ether oxygens (including phenoxy) is 2. The quantitative estimate of drug-likeness (QED) is 0.425. The van der Waals surface area contributed by atoms with E-state index in [1.807, 2.05) is 24.4 Å². The fourth-order valence-electron chi connectivity index (χ4n) is 5.08. The van der Waals surface area contributed by atoms with Crippen LogP contribution in [-0.2, 0) is 9.47 Å². The summed E-state index contributed by atoms with van der Waals surface area (Å²) < 4.78 is 28.8. The first kappa shape index (κ1) is 22.9. The average molecular weight is 494 g/mol. The number of hydrogen-bond acceptors (Lipinski definition) is 7. The summed E-state index contributed by atoms with van der Waals surface area (Å²) in [7, 11) is 3.49. The predicted molar refractivity (Wildman–Crippen MR) is 131 cm³/mol. The summed E-state index contributed by atoms with van der Waals surface area (Å²) in [6, 6.07) is 5.54. The average Bonchev–Trinajstić information content (AvgIpc) is 3.54. The lowest BCUT2D eigenvalue weighted by atomic mass is 9.90. The van der Waals surface area contributed by atoms with Gasteiger partial charge in [-0.3, -0.25) is 4.79 Å². The molecule has 11 heteroatoms. The van der Waals surface area contributed by atoms with Crippen molar-refractivity contribution in [1.82, 2.24) is 29.5 Å². The molecule has 1 saturated carbocycles. The second-order valence-electron chi connectivity index (χ2n) is 9.27. The van der Waals surface area contributed by atoms with E-state index in [-0.39, 0.29) is 18.1 Å². The molecule has 188 valence electrons. The number of alkyl halides is 1. The molecule has 0 unspecified atom stereocenters. The zero-order chi connectivity index (χ0) is 24.8. The topological polar surface area (TPSA) is 108 Å². The van der Waals surface area contributed by atoms with Crippen LogP contribution in [0.5, 0.6) is 0 Å². The van der Waals surface area contributed by atoms with Crippen molar-refractivity contribution in [3.05, 3.63) is 42.4 Å². The maximum absolute atomic E-state index is 13.7. The van der Waals surface area contributed by atoms with E-state index in [9.17, 15) is 9.18 Å². The van der Waals surface area contributed by atoms with Crippen molar-refractivity contribution in [3.63, 3.8) is 0 Å². The van der Waals surface area contributed by atoms with Gasteiger partial charge in [-0.1, -0.05) is 0 Å². The molecule has 0 bridgehead atoms. The van der Waals surface area contributed by atoms with E-state index in [1.54, 1.807) is 24.9 Å². The van der Waals surface area contributed by atoms with Gasteiger partial charge < -0.3 is 24.7 Å². The lowest BCUT2D eigenvalue weighted by Gasteiger charge is -2.33. The molecule has 4 aliphatic rings. The van der Waals surface area contributed by atoms with E-state index in [2.05, 4.69) is 20.3 Å². The minimum absolute atomic E-state index is 0.0627. The van der Waals surface area contributed by atoms with Crippen molar-refractivity contribution in [3.8, 4) is 22.6 Å². The number of rotatable bonds is 6. The molecule has 2 N–H and O–H groups in total. The predicted octanol–water partition coefficient (Wildman–Crippen LogP) is 2.95. The van der Waals surface area contributed by atoms with Crippen LogP contribution >= 0.6 is 0 Å². The highest BCUT2D eigenvalue weighted by atomic mass is 19.1. The van der Waals surface area contributed by atoms with Gasteiger partial charge >= 0.3 is 0 Å². The Hall–Kier alpha value is -3.57. The van der Waals surface area contributed by atoms with Gasteiger partial charge in [0.05, 0.1) is 30.6 Å². The normalized spacial score (nSPS) is 24.1. The first-order valence-electron chi connectivity index (χ1n) is 12.2. The Balaban J connectivity index is 1.39. The minimum Gasteiger partial charge on any atom is -0.379 e. The summed E-state index contributed by atoms with van der Waals surface area (Å²) in [6.07, 6.45) is 6.17. The van der Waals surface area contributed by atoms with Gasteiger partial charge in [-0.05, 0) is 31.4 Å². The number of fused-ring (bicyclic) bond motifs is 2. The minimum atomic E-state index is -1.01. The van der Waals surface area contributed by atoms with Crippen LogP contribution < -0.4 is 10.6 Å². The fraction of sp³-hybridized carbons (Fsp3) is 0.440. The van der Waals surface area contributed by atoms with Crippen molar-refractivity contribution < 1.29 is 18.7 Å². The third-order valence-corrected chi connectivity index (χ3v) is 7.29. The Morgan fingerprint density at radius 2 is 2.14 bits per heavy atom. The number of nitrogens with zero attached hydrogens (tertiary/aromatic N) is 5. The highest BCUT2D eigenvalue weighted by Gasteiger charge is 2.33. The van der Waals surface area contributed by atoms with Gasteiger partial charge in [-0.15, -0.1) is 0 Å². The third-order valence-electron chi connectivity index (χ3n) is 7.29. The summed E-state index contributed by atoms with van der Waals surface area (Å²) in [5.74, 6) is 1.13. The number of anilines is 1. The largest absolute Gasteiger partial charge is 0.379 e. The monoisotopic (exact) mass is 493 g/mol. The molecule has 0 aromatic carbocycles. The lowest BCUT2D eigenvalue weighted by molar-refractivity contribution is -0.0600. The summed E-state index contributed by atoms with van der Waals surface area (Å²) in [4.78, 5) is 22.5. The number of methoxy groups -OCH3 is 1. The number of carbonyl (C=O) groups excluding carboxylic acids is 1. The van der Waals surface area contributed by atoms with Crippen LogP contribution in [0, 0.1) is 0 Å². The number of amides is 1. The van der Waals surface area contributed by atoms with Crippen LogP contribution in [0.2, 0.25) is 0 Å². The van der Waals surface area contributed by atoms with Crippen molar-refractivity contribution in [1.29, 1.82) is 0 Å². The Morgan fingerprint density at radius 1 is 1.25 bits per heavy atom. The van der Waals surface area contributed by atoms with Crippen molar-refractivity contribution in [2.75, 3.05) is 32.7 Å². The first-order chi connectivity index (χ1) is 17.6. The molecule has 4 atom stereocenters. The van der Waals surface area contributed by atoms with Gasteiger partial charge in [-0.25, -0.2) is 14.4 Å². The van der Waals surface area contributed by atoms with E-state index in [1.165, 1.54) is 6.20 Å². The van der Waals surface area contributed by atoms with Gasteiger partial charge in [-0.2, -0.15) is 9.61 Å². The van der Waals surface area contributed by atoms with E-state index in [4.69, 9.17) is 19.4 Å². The third kappa shape index (κ3) is 3.70. The van der Waals surface area contributed by atoms with E-state index >= 15 is 0 Å². The molecule has 36 heavy (non-hydrogen) atoms. The second kappa shape index (κ2) is 9.14. The van der Waals surface area contributed by atoms with Gasteiger partial charge in [0, 0.05) is 50.4 Å². The molecular weight excluding hydrogens is 465 g/mol. The number of carbonyl (C=O) groups is 1. The van der Waals surface area contributed by atoms with Crippen molar-refractivity contribution in [2.45, 2.75) is 43.6 Å². The van der Waals surface area contributed by atoms with Gasteiger partial charge in [0.15, 0.2) is 5.65 Å². The van der Waals surface area contributed by atoms with E-state index in [0.717, 1.165) is 23.4 Å². The number of nitrogens with one attached hydrogen (secondary N) is 2. The molecule has 10 nitrogen and oxygen atoms in total. The zero-order valence-electron chi connectivity index (χ0n) is 20.1. The fourth-order valence-corrected chi connectivity index (χ4v) is 5.08. The highest BCUT2D eigenvalue weighted by Crippen LogP contribution is 2.37. The first-order valence-corrected chi connectivity index (χ1v) is 12.2. The van der Waals surface area contributed by atoms with Crippen LogP contribution in [0.1, 0.15) is 35.7 Å². The van der Waals surface area contributed by atoms with Gasteiger partial charge in [0.25, 0.3) is 5.91 Å². The maximum Gasteiger partial charge on any atom is 0.257 e. The SMILES string of the molecule is CNc1cc(-c2cnc3n([C@H]4CCOC[C@@H]4OC)cccc2-3)nc2c(C(=O)N[C@H]3CC[C@H]3F)cnn12. The Bertz CT molecular complexity index is 1390. The van der Waals surface area contributed by atoms with Crippen molar-refractivity contribution >= 4 is 17.4 Å². The number of hydrogen-bond donors (Lipinski definition) is 2. The molecular formula is C25H28FN7O3. The Labute approximate surface area is 207 Å². The van der Waals surface area contributed by atoms with Crippen molar-refractivity contribution in [2.24, 2.45) is 0 Å². The summed E-state index contributed by atoms with van der Waals surface area (Å²) >= 11 is 0. The molecule has 0 spiro atoms. The van der Waals surface area contributed by atoms with Crippen LogP contribution in [-0.4, -0.2) is 75.7 Å². The van der Waals surface area contributed by atoms with Crippen LogP contribution in [0.25, 0.3) is 28.3 Å². The van der Waals surface area contributed by atoms with Crippen LogP contribution in [0.4, 0.5) is 10.2 Å². The van der Waals surface area contributed by atoms with E-state index < -0.39 is 12.2 Å². The molecule has 6 rings (SSSR count). The number of aromatic nitrogens is 5. The van der Waals surface area contributed by atoms with Gasteiger partial charge in [0.1, 0.15) is 29.5 Å². The highest BCUT2D eigenvalue weighted by molar-refractivity contribution is 6.00.